The van der Waals surface area contributed by atoms with E-state index in [4.69, 9.17) is 4.74 Å². The first kappa shape index (κ1) is 20.2. The van der Waals surface area contributed by atoms with Crippen molar-refractivity contribution < 1.29 is 19.4 Å². The lowest BCUT2D eigenvalue weighted by Gasteiger charge is -2.17. The number of hydrogen-bond acceptors (Lipinski definition) is 4. The minimum atomic E-state index is -1.07. The third-order valence-corrected chi connectivity index (χ3v) is 5.00. The quantitative estimate of drug-likeness (QED) is 0.492. The van der Waals surface area contributed by atoms with Crippen LogP contribution >= 0.6 is 22.6 Å². The van der Waals surface area contributed by atoms with E-state index in [1.54, 1.807) is 13.2 Å². The molecule has 2 rings (SSSR count). The standard InChI is InChI=1S/C19H21IN2O4/c1-26-16-9-5-8-14(18(16)20)10-15(19(24)25)22-17(23)12-21-11-13-6-3-2-4-7-13/h2-9,15,21H,10-12H2,1H3,(H,22,23)(H,24,25). The number of carboxylic acid groups (broad SMARTS) is 1. The molecule has 0 aliphatic carbocycles. The number of amides is 1. The van der Waals surface area contributed by atoms with Gasteiger partial charge in [-0.1, -0.05) is 42.5 Å². The van der Waals surface area contributed by atoms with Gasteiger partial charge >= 0.3 is 5.97 Å². The molecule has 138 valence electrons. The third kappa shape index (κ3) is 5.99. The predicted molar refractivity (Wildman–Crippen MR) is 107 cm³/mol. The van der Waals surface area contributed by atoms with E-state index >= 15 is 0 Å². The number of nitrogens with one attached hydrogen (secondary N) is 2. The molecule has 1 unspecified atom stereocenters. The number of rotatable bonds is 9. The van der Waals surface area contributed by atoms with Crippen molar-refractivity contribution in [2.45, 2.75) is 19.0 Å². The van der Waals surface area contributed by atoms with E-state index in [0.717, 1.165) is 14.7 Å². The van der Waals surface area contributed by atoms with Gasteiger partial charge in [0.2, 0.25) is 5.91 Å². The summed E-state index contributed by atoms with van der Waals surface area (Å²) in [6.45, 7) is 0.591. The van der Waals surface area contributed by atoms with Crippen LogP contribution in [0.4, 0.5) is 0 Å². The van der Waals surface area contributed by atoms with Gasteiger partial charge in [-0.2, -0.15) is 0 Å². The monoisotopic (exact) mass is 468 g/mol. The first-order valence-electron chi connectivity index (χ1n) is 8.09. The number of methoxy groups -OCH3 is 1. The number of carboxylic acids is 1. The number of carbonyl (C=O) groups is 2. The minimum absolute atomic E-state index is 0.0495. The molecule has 0 saturated heterocycles. The summed E-state index contributed by atoms with van der Waals surface area (Å²) in [5, 5.41) is 15.0. The molecule has 0 spiro atoms. The summed E-state index contributed by atoms with van der Waals surface area (Å²) in [6, 6.07) is 14.1. The molecule has 7 heteroatoms. The van der Waals surface area contributed by atoms with Crippen molar-refractivity contribution in [1.29, 1.82) is 0 Å². The lowest BCUT2D eigenvalue weighted by atomic mass is 10.1. The van der Waals surface area contributed by atoms with Gasteiger partial charge in [-0.15, -0.1) is 0 Å². The van der Waals surface area contributed by atoms with Gasteiger partial charge in [0.05, 0.1) is 17.2 Å². The van der Waals surface area contributed by atoms with Crippen LogP contribution in [0.15, 0.2) is 48.5 Å². The molecule has 0 bridgehead atoms. The van der Waals surface area contributed by atoms with Crippen molar-refractivity contribution in [3.8, 4) is 5.75 Å². The van der Waals surface area contributed by atoms with Crippen LogP contribution in [0.5, 0.6) is 5.75 Å². The Bertz CT molecular complexity index is 752. The highest BCUT2D eigenvalue weighted by Crippen LogP contribution is 2.25. The lowest BCUT2D eigenvalue weighted by molar-refractivity contribution is -0.141. The maximum atomic E-state index is 12.1. The highest BCUT2D eigenvalue weighted by Gasteiger charge is 2.22. The average molecular weight is 468 g/mol. The van der Waals surface area contributed by atoms with Gasteiger partial charge in [0.1, 0.15) is 11.8 Å². The number of aliphatic carboxylic acids is 1. The number of halogens is 1. The first-order chi connectivity index (χ1) is 12.5. The van der Waals surface area contributed by atoms with Gasteiger partial charge in [0.25, 0.3) is 0 Å². The fraction of sp³-hybridized carbons (Fsp3) is 0.263. The fourth-order valence-corrected chi connectivity index (χ4v) is 3.25. The maximum Gasteiger partial charge on any atom is 0.326 e. The Labute approximate surface area is 166 Å². The van der Waals surface area contributed by atoms with Gasteiger partial charge in [0.15, 0.2) is 0 Å². The molecule has 1 amide bonds. The summed E-state index contributed by atoms with van der Waals surface area (Å²) in [5.74, 6) is -0.741. The van der Waals surface area contributed by atoms with Crippen molar-refractivity contribution in [3.05, 3.63) is 63.2 Å². The normalized spacial score (nSPS) is 11.6. The Kier molecular flexibility index (Phi) is 7.86. The van der Waals surface area contributed by atoms with Crippen molar-refractivity contribution in [1.82, 2.24) is 10.6 Å². The van der Waals surface area contributed by atoms with Gasteiger partial charge in [-0.3, -0.25) is 4.79 Å². The zero-order valence-electron chi connectivity index (χ0n) is 14.4. The molecular weight excluding hydrogens is 447 g/mol. The van der Waals surface area contributed by atoms with Crippen LogP contribution in [0.2, 0.25) is 0 Å². The molecule has 0 aliphatic heterocycles. The highest BCUT2D eigenvalue weighted by molar-refractivity contribution is 14.1. The minimum Gasteiger partial charge on any atom is -0.496 e. The van der Waals surface area contributed by atoms with E-state index in [-0.39, 0.29) is 18.9 Å². The summed E-state index contributed by atoms with van der Waals surface area (Å²) < 4.78 is 6.09. The van der Waals surface area contributed by atoms with Crippen molar-refractivity contribution in [3.63, 3.8) is 0 Å². The Morgan fingerprint density at radius 1 is 1.15 bits per heavy atom. The van der Waals surface area contributed by atoms with E-state index < -0.39 is 12.0 Å². The third-order valence-electron chi connectivity index (χ3n) is 3.78. The van der Waals surface area contributed by atoms with Crippen molar-refractivity contribution in [2.75, 3.05) is 13.7 Å². The molecule has 3 N–H and O–H groups in total. The average Bonchev–Trinajstić information content (AvgIpc) is 2.63. The predicted octanol–water partition coefficient (Wildman–Crippen LogP) is 2.20. The van der Waals surface area contributed by atoms with Crippen LogP contribution in [0.25, 0.3) is 0 Å². The number of carbonyl (C=O) groups excluding carboxylic acids is 1. The summed E-state index contributed by atoms with van der Waals surface area (Å²) >= 11 is 2.12. The largest absolute Gasteiger partial charge is 0.496 e. The molecule has 0 heterocycles. The number of benzene rings is 2. The highest BCUT2D eigenvalue weighted by atomic mass is 127. The maximum absolute atomic E-state index is 12.1. The van der Waals surface area contributed by atoms with E-state index in [1.165, 1.54) is 0 Å². The van der Waals surface area contributed by atoms with Crippen molar-refractivity contribution in [2.24, 2.45) is 0 Å². The van der Waals surface area contributed by atoms with E-state index in [2.05, 4.69) is 33.2 Å². The molecule has 0 fully saturated rings. The van der Waals surface area contributed by atoms with E-state index in [1.807, 2.05) is 42.5 Å². The van der Waals surface area contributed by atoms with Crippen LogP contribution in [0.1, 0.15) is 11.1 Å². The Morgan fingerprint density at radius 2 is 1.88 bits per heavy atom. The SMILES string of the molecule is COc1cccc(CC(NC(=O)CNCc2ccccc2)C(=O)O)c1I. The van der Waals surface area contributed by atoms with E-state index in [0.29, 0.717) is 12.3 Å². The molecule has 2 aromatic carbocycles. The van der Waals surface area contributed by atoms with Crippen LogP contribution < -0.4 is 15.4 Å². The van der Waals surface area contributed by atoms with Crippen LogP contribution in [0, 0.1) is 3.57 Å². The van der Waals surface area contributed by atoms with Gasteiger partial charge in [-0.25, -0.2) is 4.79 Å². The smallest absolute Gasteiger partial charge is 0.326 e. The second-order valence-electron chi connectivity index (χ2n) is 5.68. The molecule has 1 atom stereocenters. The molecule has 0 radical (unpaired) electrons. The Hall–Kier alpha value is -2.13. The molecule has 0 aromatic heterocycles. The van der Waals surface area contributed by atoms with Gasteiger partial charge in [-0.05, 0) is 39.8 Å². The van der Waals surface area contributed by atoms with Crippen molar-refractivity contribution >= 4 is 34.5 Å². The van der Waals surface area contributed by atoms with Crippen LogP contribution in [0.3, 0.4) is 0 Å². The van der Waals surface area contributed by atoms with Gasteiger partial charge < -0.3 is 20.5 Å². The lowest BCUT2D eigenvalue weighted by Crippen LogP contribution is -2.45. The molecule has 2 aromatic rings. The topological polar surface area (TPSA) is 87.7 Å². The molecule has 26 heavy (non-hydrogen) atoms. The number of hydrogen-bond donors (Lipinski definition) is 3. The summed E-state index contributed by atoms with van der Waals surface area (Å²) in [4.78, 5) is 23.6. The molecule has 6 nitrogen and oxygen atoms in total. The van der Waals surface area contributed by atoms with E-state index in [9.17, 15) is 14.7 Å². The molecular formula is C19H21IN2O4. The Morgan fingerprint density at radius 3 is 2.54 bits per heavy atom. The summed E-state index contributed by atoms with van der Waals surface area (Å²) in [6.07, 6.45) is 0.190. The summed E-state index contributed by atoms with van der Waals surface area (Å²) in [5.41, 5.74) is 1.87. The first-order valence-corrected chi connectivity index (χ1v) is 9.17. The second kappa shape index (κ2) is 10.1. The number of ether oxygens (including phenoxy) is 1. The zero-order chi connectivity index (χ0) is 18.9. The Balaban J connectivity index is 1.91. The zero-order valence-corrected chi connectivity index (χ0v) is 16.5. The molecule has 0 aliphatic rings. The molecule has 0 saturated carbocycles. The second-order valence-corrected chi connectivity index (χ2v) is 6.76. The summed E-state index contributed by atoms with van der Waals surface area (Å²) in [7, 11) is 1.57. The van der Waals surface area contributed by atoms with Crippen LogP contribution in [-0.4, -0.2) is 36.7 Å². The fourth-order valence-electron chi connectivity index (χ4n) is 2.45. The van der Waals surface area contributed by atoms with Crippen LogP contribution in [-0.2, 0) is 22.6 Å². The van der Waals surface area contributed by atoms with Gasteiger partial charge in [0, 0.05) is 13.0 Å².